The maximum Gasteiger partial charge on any atom is 0.270 e. The summed E-state index contributed by atoms with van der Waals surface area (Å²) in [5, 5.41) is 9.20. The molecule has 1 amide bonds. The van der Waals surface area contributed by atoms with Crippen LogP contribution in [0, 0.1) is 6.92 Å². The second-order valence-electron chi connectivity index (χ2n) is 4.73. The second-order valence-corrected chi connectivity index (χ2v) is 4.73. The summed E-state index contributed by atoms with van der Waals surface area (Å²) in [5.74, 6) is -0.376. The van der Waals surface area contributed by atoms with Crippen LogP contribution in [0.2, 0.25) is 0 Å². The smallest absolute Gasteiger partial charge is 0.270 e. The highest BCUT2D eigenvalue weighted by molar-refractivity contribution is 5.94. The van der Waals surface area contributed by atoms with Crippen molar-refractivity contribution in [3.63, 3.8) is 0 Å². The van der Waals surface area contributed by atoms with Gasteiger partial charge in [-0.2, -0.15) is 0 Å². The summed E-state index contributed by atoms with van der Waals surface area (Å²) >= 11 is 0. The molecule has 1 fully saturated rings. The molecule has 19 heavy (non-hydrogen) atoms. The summed E-state index contributed by atoms with van der Waals surface area (Å²) in [6.45, 7) is 2.40. The van der Waals surface area contributed by atoms with Crippen LogP contribution in [0.15, 0.2) is 29.3 Å². The molecule has 1 aliphatic heterocycles. The van der Waals surface area contributed by atoms with Crippen molar-refractivity contribution in [3.05, 3.63) is 46.0 Å². The van der Waals surface area contributed by atoms with E-state index in [1.807, 2.05) is 13.0 Å². The lowest BCUT2D eigenvalue weighted by Crippen LogP contribution is -2.54. The van der Waals surface area contributed by atoms with Gasteiger partial charge in [0, 0.05) is 25.5 Å². The van der Waals surface area contributed by atoms with E-state index in [-0.39, 0.29) is 30.1 Å². The zero-order chi connectivity index (χ0) is 13.6. The summed E-state index contributed by atoms with van der Waals surface area (Å²) in [6.07, 6.45) is 2.43. The molecule has 98 valence electrons. The zero-order valence-corrected chi connectivity index (χ0v) is 10.4. The van der Waals surface area contributed by atoms with E-state index < -0.39 is 6.10 Å². The first-order valence-corrected chi connectivity index (χ1v) is 6.02. The summed E-state index contributed by atoms with van der Waals surface area (Å²) in [4.78, 5) is 30.0. The number of aryl methyl sites for hydroxylation is 1. The molecule has 0 radical (unpaired) electrons. The Bertz CT molecular complexity index is 717. The molecule has 0 saturated carbocycles. The predicted octanol–water partition coefficient (Wildman–Crippen LogP) is -0.180. The Balaban J connectivity index is 2.08. The largest absolute Gasteiger partial charge is 0.389 e. The minimum Gasteiger partial charge on any atom is -0.389 e. The zero-order valence-electron chi connectivity index (χ0n) is 10.4. The molecule has 0 unspecified atom stereocenters. The predicted molar refractivity (Wildman–Crippen MR) is 68.1 cm³/mol. The van der Waals surface area contributed by atoms with E-state index in [9.17, 15) is 14.7 Å². The molecule has 0 aliphatic carbocycles. The average Bonchev–Trinajstić information content (AvgIpc) is 2.36. The van der Waals surface area contributed by atoms with Crippen LogP contribution in [0.1, 0.15) is 15.9 Å². The van der Waals surface area contributed by atoms with Gasteiger partial charge in [0.15, 0.2) is 0 Å². The number of carbonyl (C=O) groups excluding carboxylic acids is 1. The molecular weight excluding hydrogens is 246 g/mol. The summed E-state index contributed by atoms with van der Waals surface area (Å²) in [6, 6.07) is 3.60. The molecular formula is C13H13N3O3. The van der Waals surface area contributed by atoms with Crippen LogP contribution in [-0.2, 0) is 0 Å². The molecule has 3 heterocycles. The van der Waals surface area contributed by atoms with Crippen LogP contribution in [0.5, 0.6) is 0 Å². The normalized spacial score (nSPS) is 15.6. The van der Waals surface area contributed by atoms with E-state index in [1.54, 1.807) is 12.3 Å². The Morgan fingerprint density at radius 2 is 2.21 bits per heavy atom. The van der Waals surface area contributed by atoms with Crippen molar-refractivity contribution in [2.24, 2.45) is 0 Å². The maximum atomic E-state index is 12.3. The number of β-amino-alcohol motifs (C(OH)–C–C–N with tert-alkyl or cyclic N) is 1. The second kappa shape index (κ2) is 4.17. The van der Waals surface area contributed by atoms with Crippen molar-refractivity contribution < 1.29 is 9.90 Å². The monoisotopic (exact) mass is 259 g/mol. The minimum absolute atomic E-state index is 0.0370. The Hall–Kier alpha value is -2.21. The fourth-order valence-corrected chi connectivity index (χ4v) is 2.19. The fourth-order valence-electron chi connectivity index (χ4n) is 2.19. The molecule has 0 spiro atoms. The van der Waals surface area contributed by atoms with Gasteiger partial charge in [0.25, 0.3) is 11.5 Å². The van der Waals surface area contributed by atoms with Gasteiger partial charge in [-0.15, -0.1) is 0 Å². The number of rotatable bonds is 1. The molecule has 3 rings (SSSR count). The van der Waals surface area contributed by atoms with Crippen LogP contribution >= 0.6 is 0 Å². The topological polar surface area (TPSA) is 74.9 Å². The van der Waals surface area contributed by atoms with Crippen molar-refractivity contribution in [1.29, 1.82) is 0 Å². The lowest BCUT2D eigenvalue weighted by molar-refractivity contribution is 0.00573. The molecule has 0 atom stereocenters. The molecule has 0 bridgehead atoms. The number of nitrogens with zero attached hydrogens (tertiary/aromatic N) is 3. The highest BCUT2D eigenvalue weighted by Gasteiger charge is 2.31. The number of carbonyl (C=O) groups is 1. The third-order valence-electron chi connectivity index (χ3n) is 3.31. The van der Waals surface area contributed by atoms with Gasteiger partial charge in [-0.1, -0.05) is 6.07 Å². The lowest BCUT2D eigenvalue weighted by Gasteiger charge is -2.35. The van der Waals surface area contributed by atoms with Crippen molar-refractivity contribution in [2.45, 2.75) is 13.0 Å². The van der Waals surface area contributed by atoms with Crippen LogP contribution in [-0.4, -0.2) is 44.5 Å². The van der Waals surface area contributed by atoms with Gasteiger partial charge in [-0.25, -0.2) is 4.98 Å². The number of amides is 1. The van der Waals surface area contributed by atoms with Crippen molar-refractivity contribution in [1.82, 2.24) is 14.3 Å². The van der Waals surface area contributed by atoms with E-state index in [0.717, 1.165) is 5.56 Å². The van der Waals surface area contributed by atoms with Crippen LogP contribution in [0.25, 0.3) is 5.65 Å². The summed E-state index contributed by atoms with van der Waals surface area (Å²) in [7, 11) is 0. The number of hydrogen-bond acceptors (Lipinski definition) is 4. The molecule has 6 heteroatoms. The molecule has 1 aliphatic rings. The fraction of sp³-hybridized carbons (Fsp3) is 0.308. The SMILES string of the molecule is Cc1cccn2c(=O)c(C(=O)N3CC(O)C3)cnc12. The molecule has 6 nitrogen and oxygen atoms in total. The third-order valence-corrected chi connectivity index (χ3v) is 3.31. The minimum atomic E-state index is -0.484. The number of fused-ring (bicyclic) bond motifs is 1. The van der Waals surface area contributed by atoms with Crippen LogP contribution in [0.3, 0.4) is 0 Å². The first-order valence-electron chi connectivity index (χ1n) is 6.02. The maximum absolute atomic E-state index is 12.3. The van der Waals surface area contributed by atoms with Gasteiger partial charge in [0.05, 0.1) is 6.10 Å². The Morgan fingerprint density at radius 3 is 2.89 bits per heavy atom. The number of pyridine rings is 1. The van der Waals surface area contributed by atoms with Crippen molar-refractivity contribution >= 4 is 11.6 Å². The van der Waals surface area contributed by atoms with E-state index in [1.165, 1.54) is 15.5 Å². The number of hydrogen-bond donors (Lipinski definition) is 1. The van der Waals surface area contributed by atoms with E-state index in [2.05, 4.69) is 4.98 Å². The molecule has 1 N–H and O–H groups in total. The summed E-state index contributed by atoms with van der Waals surface area (Å²) < 4.78 is 1.37. The quantitative estimate of drug-likeness (QED) is 0.771. The van der Waals surface area contributed by atoms with Gasteiger partial charge in [-0.05, 0) is 18.6 Å². The third kappa shape index (κ3) is 1.80. The Morgan fingerprint density at radius 1 is 1.47 bits per heavy atom. The lowest BCUT2D eigenvalue weighted by atomic mass is 10.1. The number of aliphatic hydroxyl groups is 1. The Labute approximate surface area is 108 Å². The van der Waals surface area contributed by atoms with Gasteiger partial charge in [0.1, 0.15) is 11.2 Å². The molecule has 0 aromatic carbocycles. The van der Waals surface area contributed by atoms with Gasteiger partial charge in [-0.3, -0.25) is 14.0 Å². The number of aliphatic hydroxyl groups excluding tert-OH is 1. The average molecular weight is 259 g/mol. The number of aromatic nitrogens is 2. The van der Waals surface area contributed by atoms with Crippen LogP contribution < -0.4 is 5.56 Å². The van der Waals surface area contributed by atoms with Gasteiger partial charge in [0.2, 0.25) is 0 Å². The first-order chi connectivity index (χ1) is 9.08. The number of likely N-dealkylation sites (tertiary alicyclic amines) is 1. The van der Waals surface area contributed by atoms with Crippen molar-refractivity contribution in [3.8, 4) is 0 Å². The molecule has 2 aromatic heterocycles. The van der Waals surface area contributed by atoms with E-state index in [0.29, 0.717) is 5.65 Å². The standard InChI is InChI=1S/C13H13N3O3/c1-8-3-2-4-16-11(8)14-5-10(13(16)19)12(18)15-6-9(17)7-15/h2-5,9,17H,6-7H2,1H3. The first kappa shape index (κ1) is 11.9. The van der Waals surface area contributed by atoms with Gasteiger partial charge >= 0.3 is 0 Å². The van der Waals surface area contributed by atoms with E-state index in [4.69, 9.17) is 0 Å². The van der Waals surface area contributed by atoms with Crippen LogP contribution in [0.4, 0.5) is 0 Å². The highest BCUT2D eigenvalue weighted by atomic mass is 16.3. The molecule has 1 saturated heterocycles. The van der Waals surface area contributed by atoms with Gasteiger partial charge < -0.3 is 10.0 Å². The Kier molecular flexibility index (Phi) is 2.60. The highest BCUT2D eigenvalue weighted by Crippen LogP contribution is 2.11. The summed E-state index contributed by atoms with van der Waals surface area (Å²) in [5.41, 5.74) is 1.08. The molecule has 2 aromatic rings. The van der Waals surface area contributed by atoms with E-state index >= 15 is 0 Å². The van der Waals surface area contributed by atoms with Crippen molar-refractivity contribution in [2.75, 3.05) is 13.1 Å².